The minimum Gasteiger partial charge on any atom is -0.611 e. The molecule has 1 heterocycles. The third kappa shape index (κ3) is 7.15. The van der Waals surface area contributed by atoms with Gasteiger partial charge in [-0.1, -0.05) is 43.3 Å². The van der Waals surface area contributed by atoms with Crippen LogP contribution in [-0.4, -0.2) is 34.2 Å². The SMILES string of the molecule is CC[S+]([O-])c1ccc(CC(=O)Nc2ccc(C3CN(Cc4ccc(C(F)(F)F)cc4)CC3C)cc2)cc1. The lowest BCUT2D eigenvalue weighted by molar-refractivity contribution is -0.137. The maximum absolute atomic E-state index is 12.8. The van der Waals surface area contributed by atoms with Gasteiger partial charge in [-0.05, 0) is 77.1 Å². The molecule has 37 heavy (non-hydrogen) atoms. The average molecular weight is 529 g/mol. The first-order valence-corrected chi connectivity index (χ1v) is 13.7. The van der Waals surface area contributed by atoms with Crippen molar-refractivity contribution >= 4 is 22.8 Å². The van der Waals surface area contributed by atoms with Gasteiger partial charge in [0.25, 0.3) is 0 Å². The summed E-state index contributed by atoms with van der Waals surface area (Å²) in [6, 6.07) is 20.6. The van der Waals surface area contributed by atoms with Gasteiger partial charge in [0.1, 0.15) is 5.75 Å². The van der Waals surface area contributed by atoms with Gasteiger partial charge < -0.3 is 9.87 Å². The number of likely N-dealkylation sites (tertiary alicyclic amines) is 1. The number of hydrogen-bond acceptors (Lipinski definition) is 3. The number of hydrogen-bond donors (Lipinski definition) is 1. The second-order valence-corrected chi connectivity index (χ2v) is 11.3. The Labute approximate surface area is 219 Å². The van der Waals surface area contributed by atoms with Gasteiger partial charge in [-0.25, -0.2) is 0 Å². The molecule has 3 unspecified atom stereocenters. The zero-order valence-corrected chi connectivity index (χ0v) is 21.7. The highest BCUT2D eigenvalue weighted by Gasteiger charge is 2.32. The molecule has 1 aliphatic heterocycles. The van der Waals surface area contributed by atoms with Crippen molar-refractivity contribution in [2.45, 2.75) is 43.8 Å². The van der Waals surface area contributed by atoms with Crippen molar-refractivity contribution in [2.24, 2.45) is 5.92 Å². The Bertz CT molecular complexity index is 1180. The Kier molecular flexibility index (Phi) is 8.62. The summed E-state index contributed by atoms with van der Waals surface area (Å²) in [6.45, 7) is 6.37. The van der Waals surface area contributed by atoms with E-state index in [1.807, 2.05) is 43.3 Å². The summed E-state index contributed by atoms with van der Waals surface area (Å²) in [7, 11) is 0. The number of alkyl halides is 3. The lowest BCUT2D eigenvalue weighted by atomic mass is 9.90. The number of rotatable bonds is 8. The minimum atomic E-state index is -4.32. The van der Waals surface area contributed by atoms with Crippen molar-refractivity contribution in [2.75, 3.05) is 24.2 Å². The zero-order chi connectivity index (χ0) is 26.6. The predicted molar refractivity (Wildman–Crippen MR) is 141 cm³/mol. The van der Waals surface area contributed by atoms with E-state index in [0.717, 1.165) is 46.9 Å². The predicted octanol–water partition coefficient (Wildman–Crippen LogP) is 6.25. The second kappa shape index (κ2) is 11.7. The van der Waals surface area contributed by atoms with E-state index in [1.54, 1.807) is 24.3 Å². The summed E-state index contributed by atoms with van der Waals surface area (Å²) < 4.78 is 50.3. The van der Waals surface area contributed by atoms with Gasteiger partial charge in [-0.15, -0.1) is 0 Å². The molecular formula is C29H31F3N2O2S. The lowest BCUT2D eigenvalue weighted by Gasteiger charge is -2.17. The molecule has 1 aliphatic rings. The molecule has 8 heteroatoms. The molecule has 3 aromatic rings. The Morgan fingerprint density at radius 1 is 0.973 bits per heavy atom. The topological polar surface area (TPSA) is 55.4 Å². The van der Waals surface area contributed by atoms with Crippen LogP contribution in [0.1, 0.15) is 42.0 Å². The van der Waals surface area contributed by atoms with Crippen LogP contribution >= 0.6 is 0 Å². The van der Waals surface area contributed by atoms with E-state index < -0.39 is 22.9 Å². The fourth-order valence-electron chi connectivity index (χ4n) is 4.82. The highest BCUT2D eigenvalue weighted by molar-refractivity contribution is 7.91. The molecule has 196 valence electrons. The van der Waals surface area contributed by atoms with Crippen LogP contribution in [0.15, 0.2) is 77.7 Å². The summed E-state index contributed by atoms with van der Waals surface area (Å²) in [5, 5.41) is 2.94. The number of nitrogens with zero attached hydrogens (tertiary/aromatic N) is 1. The van der Waals surface area contributed by atoms with E-state index in [9.17, 15) is 22.5 Å². The largest absolute Gasteiger partial charge is 0.611 e. The maximum atomic E-state index is 12.8. The molecule has 3 atom stereocenters. The fourth-order valence-corrected chi connectivity index (χ4v) is 5.59. The Morgan fingerprint density at radius 3 is 2.19 bits per heavy atom. The first kappa shape index (κ1) is 27.2. The van der Waals surface area contributed by atoms with Crippen molar-refractivity contribution in [3.05, 3.63) is 95.1 Å². The minimum absolute atomic E-state index is 0.117. The fraction of sp³-hybridized carbons (Fsp3) is 0.345. The normalized spacial score (nSPS) is 19.1. The Balaban J connectivity index is 1.30. The van der Waals surface area contributed by atoms with E-state index >= 15 is 0 Å². The number of anilines is 1. The van der Waals surface area contributed by atoms with Gasteiger partial charge in [-0.2, -0.15) is 13.2 Å². The molecule has 0 radical (unpaired) electrons. The molecule has 0 bridgehead atoms. The number of amides is 1. The van der Waals surface area contributed by atoms with Crippen LogP contribution in [-0.2, 0) is 35.1 Å². The molecular weight excluding hydrogens is 497 g/mol. The van der Waals surface area contributed by atoms with Gasteiger partial charge in [0.05, 0.1) is 12.0 Å². The molecule has 1 fully saturated rings. The summed E-state index contributed by atoms with van der Waals surface area (Å²) in [5.74, 6) is 1.16. The van der Waals surface area contributed by atoms with Gasteiger partial charge >= 0.3 is 6.18 Å². The smallest absolute Gasteiger partial charge is 0.416 e. The molecule has 0 saturated carbocycles. The van der Waals surface area contributed by atoms with Gasteiger partial charge in [0.2, 0.25) is 5.91 Å². The van der Waals surface area contributed by atoms with Crippen LogP contribution in [0.4, 0.5) is 18.9 Å². The lowest BCUT2D eigenvalue weighted by Crippen LogP contribution is -2.20. The van der Waals surface area contributed by atoms with E-state index in [1.165, 1.54) is 5.56 Å². The van der Waals surface area contributed by atoms with Gasteiger partial charge in [-0.3, -0.25) is 9.69 Å². The van der Waals surface area contributed by atoms with Crippen LogP contribution < -0.4 is 5.32 Å². The first-order valence-electron chi connectivity index (χ1n) is 12.4. The average Bonchev–Trinajstić information content (AvgIpc) is 3.24. The number of benzene rings is 3. The third-order valence-electron chi connectivity index (χ3n) is 6.81. The number of carbonyl (C=O) groups is 1. The van der Waals surface area contributed by atoms with E-state index in [2.05, 4.69) is 17.1 Å². The number of carbonyl (C=O) groups excluding carboxylic acids is 1. The summed E-state index contributed by atoms with van der Waals surface area (Å²) in [5.41, 5.74) is 3.01. The molecule has 1 N–H and O–H groups in total. The van der Waals surface area contributed by atoms with Crippen molar-refractivity contribution in [1.29, 1.82) is 0 Å². The highest BCUT2D eigenvalue weighted by Crippen LogP contribution is 2.34. The highest BCUT2D eigenvalue weighted by atomic mass is 32.2. The van der Waals surface area contributed by atoms with Crippen molar-refractivity contribution in [3.63, 3.8) is 0 Å². The molecule has 1 amide bonds. The summed E-state index contributed by atoms with van der Waals surface area (Å²) in [4.78, 5) is 15.5. The van der Waals surface area contributed by atoms with E-state index in [0.29, 0.717) is 24.1 Å². The van der Waals surface area contributed by atoms with Crippen LogP contribution in [0, 0.1) is 5.92 Å². The monoisotopic (exact) mass is 528 g/mol. The molecule has 3 aromatic carbocycles. The first-order chi connectivity index (χ1) is 17.6. The van der Waals surface area contributed by atoms with Crippen LogP contribution in [0.5, 0.6) is 0 Å². The zero-order valence-electron chi connectivity index (χ0n) is 20.9. The molecule has 4 nitrogen and oxygen atoms in total. The van der Waals surface area contributed by atoms with E-state index in [4.69, 9.17) is 0 Å². The number of halogens is 3. The summed E-state index contributed by atoms with van der Waals surface area (Å²) in [6.07, 6.45) is -4.08. The third-order valence-corrected chi connectivity index (χ3v) is 8.13. The molecule has 0 aromatic heterocycles. The standard InChI is InChI=1S/C29H31F3N2O2S/c1-3-37(36)26-14-6-21(7-15-26)16-28(35)33-25-12-8-23(9-13-25)27-19-34(17-20(27)2)18-22-4-10-24(11-5-22)29(30,31)32/h4-15,20,27H,3,16-19H2,1-2H3,(H,33,35). The van der Waals surface area contributed by atoms with Crippen molar-refractivity contribution in [1.82, 2.24) is 4.90 Å². The quantitative estimate of drug-likeness (QED) is 0.352. The van der Waals surface area contributed by atoms with Crippen LogP contribution in [0.2, 0.25) is 0 Å². The molecule has 1 saturated heterocycles. The van der Waals surface area contributed by atoms with Crippen molar-refractivity contribution in [3.8, 4) is 0 Å². The summed E-state index contributed by atoms with van der Waals surface area (Å²) >= 11 is -1.01. The Morgan fingerprint density at radius 2 is 1.59 bits per heavy atom. The van der Waals surface area contributed by atoms with Gasteiger partial charge in [0.15, 0.2) is 4.90 Å². The number of nitrogens with one attached hydrogen (secondary N) is 1. The molecule has 4 rings (SSSR count). The van der Waals surface area contributed by atoms with Crippen LogP contribution in [0.25, 0.3) is 0 Å². The van der Waals surface area contributed by atoms with Crippen LogP contribution in [0.3, 0.4) is 0 Å². The van der Waals surface area contributed by atoms with E-state index in [-0.39, 0.29) is 12.3 Å². The van der Waals surface area contributed by atoms with Crippen molar-refractivity contribution < 1.29 is 22.5 Å². The molecule has 0 spiro atoms. The molecule has 0 aliphatic carbocycles. The Hall–Kier alpha value is -2.81. The maximum Gasteiger partial charge on any atom is 0.416 e. The van der Waals surface area contributed by atoms with Gasteiger partial charge in [0, 0.05) is 31.2 Å². The second-order valence-electron chi connectivity index (χ2n) is 9.60.